The molecular weight excluding hydrogens is 1080 g/mol. The summed E-state index contributed by atoms with van der Waals surface area (Å²) in [6.45, 7) is 13.6. The van der Waals surface area contributed by atoms with Gasteiger partial charge in [-0.15, -0.1) is 0 Å². The van der Waals surface area contributed by atoms with E-state index in [2.05, 4.69) is 41.5 Å². The van der Waals surface area contributed by atoms with Gasteiger partial charge in [-0.3, -0.25) is 0 Å². The maximum atomic E-state index is 6.19. The van der Waals surface area contributed by atoms with Gasteiger partial charge in [-0.1, -0.05) is 0 Å². The third kappa shape index (κ3) is 16.7. The van der Waals surface area contributed by atoms with Crippen LogP contribution in [-0.2, 0) is 9.05 Å². The third-order valence-electron chi connectivity index (χ3n) is 1.44. The molecule has 10 heteroatoms. The fourth-order valence-electron chi connectivity index (χ4n) is 0.880. The van der Waals surface area contributed by atoms with E-state index in [0.29, 0.717) is 0 Å². The molecule has 0 heterocycles. The summed E-state index contributed by atoms with van der Waals surface area (Å²) >= 11 is 2.91. The molecular formula is C12H21O3SbTe6. The summed E-state index contributed by atoms with van der Waals surface area (Å²) in [4.78, 5) is 0. The van der Waals surface area contributed by atoms with Crippen LogP contribution in [0.3, 0.4) is 0 Å². The fourth-order valence-corrected chi connectivity index (χ4v) is 26.4. The molecule has 0 aliphatic rings. The van der Waals surface area contributed by atoms with Crippen molar-refractivity contribution in [2.24, 2.45) is 0 Å². The van der Waals surface area contributed by atoms with Crippen molar-refractivity contribution in [2.45, 2.75) is 53.4 Å². The van der Waals surface area contributed by atoms with Gasteiger partial charge in [-0.05, 0) is 0 Å². The average molecular weight is 1100 g/mol. The molecule has 0 fully saturated rings. The quantitative estimate of drug-likeness (QED) is 0.266. The van der Waals surface area contributed by atoms with E-state index >= 15 is 0 Å². The summed E-state index contributed by atoms with van der Waals surface area (Å²) in [5.41, 5.74) is 0. The van der Waals surface area contributed by atoms with Crippen molar-refractivity contribution in [3.63, 3.8) is 0 Å². The van der Waals surface area contributed by atoms with Gasteiger partial charge in [0.2, 0.25) is 0 Å². The van der Waals surface area contributed by atoms with Gasteiger partial charge < -0.3 is 0 Å². The molecule has 0 aromatic heterocycles. The van der Waals surface area contributed by atoms with Crippen molar-refractivity contribution < 1.29 is 9.05 Å². The van der Waals surface area contributed by atoms with Crippen LogP contribution in [0.15, 0.2) is 0 Å². The van der Waals surface area contributed by atoms with Crippen LogP contribution in [0.25, 0.3) is 0 Å². The topological polar surface area (TPSA) is 27.7 Å². The molecule has 0 radical (unpaired) electrons. The molecule has 0 atom stereocenters. The van der Waals surface area contributed by atoms with Gasteiger partial charge in [0.1, 0.15) is 0 Å². The second-order valence-electron chi connectivity index (χ2n) is 4.75. The van der Waals surface area contributed by atoms with Gasteiger partial charge in [0, 0.05) is 0 Å². The molecule has 0 aromatic rings. The van der Waals surface area contributed by atoms with Crippen LogP contribution in [-0.4, -0.2) is 155 Å². The Morgan fingerprint density at radius 1 is 0.636 bits per heavy atom. The van der Waals surface area contributed by atoms with Gasteiger partial charge in [-0.2, -0.15) is 0 Å². The summed E-state index contributed by atoms with van der Waals surface area (Å²) < 4.78 is 24.4. The van der Waals surface area contributed by atoms with Crippen molar-refractivity contribution in [1.82, 2.24) is 0 Å². The molecule has 0 spiro atoms. The van der Waals surface area contributed by atoms with Gasteiger partial charge >= 0.3 is 218 Å². The Balaban J connectivity index is 4.64. The molecule has 0 aliphatic heterocycles. The summed E-state index contributed by atoms with van der Waals surface area (Å²) in [6.07, 6.45) is 0. The molecule has 0 N–H and O–H groups in total. The molecule has 0 bridgehead atoms. The second-order valence-corrected chi connectivity index (χ2v) is 31.5. The molecule has 3 nitrogen and oxygen atoms in total. The standard InChI is InChI=1S/3C4H8OTe2.Sb/c3*1-3(2)7-4(5)6;/h3*3H,1-2H3,(H,5,6);/q;;;+3/p-3. The minimum absolute atomic E-state index is 0.213. The van der Waals surface area contributed by atoms with Crippen molar-refractivity contribution in [3.8, 4) is 0 Å². The monoisotopic (exact) mass is 1110 g/mol. The van der Waals surface area contributed by atoms with E-state index in [4.69, 9.17) is 9.05 Å². The zero-order chi connectivity index (χ0) is 17.3. The first-order valence-corrected chi connectivity index (χ1v) is 20.7. The van der Waals surface area contributed by atoms with Crippen LogP contribution in [0, 0.1) is 0 Å². The first-order chi connectivity index (χ1) is 10.1. The molecule has 0 aliphatic carbocycles. The Kier molecular flexibility index (Phi) is 18.7. The number of hydrogen-bond acceptors (Lipinski definition) is 3. The summed E-state index contributed by atoms with van der Waals surface area (Å²) in [6, 6.07) is 0. The van der Waals surface area contributed by atoms with Crippen LogP contribution < -0.4 is 0 Å². The van der Waals surface area contributed by atoms with E-state index < -0.39 is 21.5 Å². The van der Waals surface area contributed by atoms with Crippen LogP contribution in [0.4, 0.5) is 0 Å². The van der Waals surface area contributed by atoms with Gasteiger partial charge in [0.05, 0.1) is 0 Å². The maximum absolute atomic E-state index is 6.19. The van der Waals surface area contributed by atoms with Crippen LogP contribution in [0.5, 0.6) is 0 Å². The Hall–Kier alpha value is 4.57. The molecule has 0 unspecified atom stereocenters. The van der Waals surface area contributed by atoms with E-state index in [0.717, 1.165) is 11.9 Å². The van der Waals surface area contributed by atoms with E-state index in [9.17, 15) is 0 Å². The molecule has 0 amide bonds. The zero-order valence-corrected chi connectivity index (χ0v) is 29.9. The van der Waals surface area contributed by atoms with Gasteiger partial charge in [0.25, 0.3) is 0 Å². The zero-order valence-electron chi connectivity index (χ0n) is 13.4. The second kappa shape index (κ2) is 15.5. The average Bonchev–Trinajstić information content (AvgIpc) is 2.23. The predicted octanol–water partition coefficient (Wildman–Crippen LogP) is 0.386. The van der Waals surface area contributed by atoms with Crippen molar-refractivity contribution in [3.05, 3.63) is 0 Å². The van der Waals surface area contributed by atoms with Crippen molar-refractivity contribution in [2.75, 3.05) is 0 Å². The van der Waals surface area contributed by atoms with Crippen molar-refractivity contribution in [1.29, 1.82) is 0 Å². The summed E-state index contributed by atoms with van der Waals surface area (Å²) in [7, 11) is 0. The number of rotatable bonds is 12. The van der Waals surface area contributed by atoms with E-state index in [1.165, 1.54) is 5.35 Å². The first-order valence-electron chi connectivity index (χ1n) is 6.56. The predicted molar refractivity (Wildman–Crippen MR) is 104 cm³/mol. The van der Waals surface area contributed by atoms with Crippen LogP contribution in [0.1, 0.15) is 41.5 Å². The Bertz CT molecular complexity index is 332. The molecule has 0 rings (SSSR count). The molecule has 0 aromatic carbocycles. The molecule has 22 heavy (non-hydrogen) atoms. The normalized spacial score (nSPS) is 11.2. The van der Waals surface area contributed by atoms with E-state index in [1.807, 2.05) is 65.5 Å². The van der Waals surface area contributed by atoms with Crippen LogP contribution in [0.2, 0.25) is 11.9 Å². The Morgan fingerprint density at radius 3 is 1.05 bits per heavy atom. The van der Waals surface area contributed by atoms with E-state index in [1.54, 1.807) is 0 Å². The molecule has 128 valence electrons. The Morgan fingerprint density at radius 2 is 0.864 bits per heavy atom. The third-order valence-corrected chi connectivity index (χ3v) is 23.8. The minimum atomic E-state index is -2.58. The SMILES string of the molecule is CC(C)[Te]C(=[Te])[O][Sb]([O]C(=[Te])[Te]C(C)C)[O]C(=[Te])[Te]C(C)C. The Labute approximate surface area is 213 Å². The number of hydrogen-bond donors (Lipinski definition) is 0. The fraction of sp³-hybridized carbons (Fsp3) is 0.750. The summed E-state index contributed by atoms with van der Waals surface area (Å²) in [5, 5.41) is 0. The van der Waals surface area contributed by atoms with Gasteiger partial charge in [-0.25, -0.2) is 0 Å². The van der Waals surface area contributed by atoms with Crippen LogP contribution >= 0.6 is 0 Å². The summed E-state index contributed by atoms with van der Waals surface area (Å²) in [5.74, 6) is 0. The van der Waals surface area contributed by atoms with Crippen molar-refractivity contribution >= 4 is 155 Å². The first kappa shape index (κ1) is 26.6. The van der Waals surface area contributed by atoms with E-state index in [-0.39, 0.29) is 62.8 Å². The van der Waals surface area contributed by atoms with Gasteiger partial charge in [0.15, 0.2) is 0 Å². The molecule has 0 saturated carbocycles. The molecule has 0 saturated heterocycles.